The van der Waals surface area contributed by atoms with Crippen LogP contribution in [0.5, 0.6) is 0 Å². The third kappa shape index (κ3) is 3.31. The standard InChI is InChI=1S/C20H22N4O2S2/c1-3-13-23-17-11-7-5-9-15(17)21-19(23)27-28(25,26)20-22-16-10-6-8-12-18(16)24(20)14-4-2/h5-12H,3-4,13-14H2,1-2H3. The molecule has 0 saturated carbocycles. The van der Waals surface area contributed by atoms with E-state index < -0.39 is 8.87 Å². The second-order valence-electron chi connectivity index (χ2n) is 6.61. The highest BCUT2D eigenvalue weighted by molar-refractivity contribution is 8.71. The van der Waals surface area contributed by atoms with Gasteiger partial charge in [-0.15, -0.1) is 0 Å². The van der Waals surface area contributed by atoms with E-state index in [9.17, 15) is 8.42 Å². The van der Waals surface area contributed by atoms with Crippen molar-refractivity contribution in [1.29, 1.82) is 0 Å². The van der Waals surface area contributed by atoms with Crippen LogP contribution in [0.4, 0.5) is 0 Å². The number of hydrogen-bond acceptors (Lipinski definition) is 5. The van der Waals surface area contributed by atoms with E-state index >= 15 is 0 Å². The first kappa shape index (κ1) is 19.0. The fraction of sp³-hybridized carbons (Fsp3) is 0.300. The molecule has 4 rings (SSSR count). The molecule has 2 heterocycles. The van der Waals surface area contributed by atoms with Crippen molar-refractivity contribution >= 4 is 41.7 Å². The van der Waals surface area contributed by atoms with Gasteiger partial charge in [-0.2, -0.15) is 0 Å². The fourth-order valence-corrected chi connectivity index (χ4v) is 6.31. The maximum Gasteiger partial charge on any atom is 0.271 e. The lowest BCUT2D eigenvalue weighted by Crippen LogP contribution is -2.09. The molecule has 0 bridgehead atoms. The van der Waals surface area contributed by atoms with Gasteiger partial charge in [0.15, 0.2) is 5.16 Å². The monoisotopic (exact) mass is 414 g/mol. The molecule has 146 valence electrons. The quantitative estimate of drug-likeness (QED) is 0.411. The number of benzene rings is 2. The van der Waals surface area contributed by atoms with Gasteiger partial charge in [0, 0.05) is 13.1 Å². The molecule has 4 aromatic rings. The molecule has 0 aliphatic heterocycles. The number of aryl methyl sites for hydroxylation is 2. The second kappa shape index (κ2) is 7.60. The topological polar surface area (TPSA) is 69.8 Å². The molecule has 28 heavy (non-hydrogen) atoms. The summed E-state index contributed by atoms with van der Waals surface area (Å²) < 4.78 is 30.4. The number of aromatic nitrogens is 4. The molecule has 0 N–H and O–H groups in total. The molecule has 6 nitrogen and oxygen atoms in total. The van der Waals surface area contributed by atoms with Gasteiger partial charge in [0.25, 0.3) is 8.87 Å². The minimum Gasteiger partial charge on any atom is -0.318 e. The Morgan fingerprint density at radius 1 is 0.821 bits per heavy atom. The molecule has 0 aliphatic carbocycles. The zero-order valence-electron chi connectivity index (χ0n) is 15.9. The van der Waals surface area contributed by atoms with Crippen molar-refractivity contribution in [2.24, 2.45) is 0 Å². The number of fused-ring (bicyclic) bond motifs is 2. The van der Waals surface area contributed by atoms with Crippen molar-refractivity contribution < 1.29 is 8.42 Å². The van der Waals surface area contributed by atoms with Crippen LogP contribution in [0.2, 0.25) is 0 Å². The summed E-state index contributed by atoms with van der Waals surface area (Å²) in [5, 5.41) is 0.578. The third-order valence-electron chi connectivity index (χ3n) is 4.54. The van der Waals surface area contributed by atoms with E-state index in [0.29, 0.717) is 23.8 Å². The first-order chi connectivity index (χ1) is 13.5. The summed E-state index contributed by atoms with van der Waals surface area (Å²) in [6, 6.07) is 15.3. The van der Waals surface area contributed by atoms with Crippen molar-refractivity contribution in [3.8, 4) is 0 Å². The fourth-order valence-electron chi connectivity index (χ4n) is 3.38. The van der Waals surface area contributed by atoms with E-state index in [4.69, 9.17) is 0 Å². The van der Waals surface area contributed by atoms with E-state index in [0.717, 1.165) is 40.2 Å². The van der Waals surface area contributed by atoms with Gasteiger partial charge in [0.1, 0.15) is 0 Å². The Labute approximate surface area is 167 Å². The van der Waals surface area contributed by atoms with Crippen molar-refractivity contribution in [3.63, 3.8) is 0 Å². The van der Waals surface area contributed by atoms with E-state index in [1.807, 2.05) is 60.0 Å². The van der Waals surface area contributed by atoms with Crippen molar-refractivity contribution in [1.82, 2.24) is 19.1 Å². The molecule has 8 heteroatoms. The van der Waals surface area contributed by atoms with Crippen LogP contribution in [-0.2, 0) is 22.0 Å². The van der Waals surface area contributed by atoms with E-state index in [-0.39, 0.29) is 5.16 Å². The van der Waals surface area contributed by atoms with Crippen molar-refractivity contribution in [3.05, 3.63) is 48.5 Å². The molecule has 2 aromatic heterocycles. The normalized spacial score (nSPS) is 12.2. The minimum atomic E-state index is -3.73. The Morgan fingerprint density at radius 3 is 2.00 bits per heavy atom. The summed E-state index contributed by atoms with van der Waals surface area (Å²) in [5.41, 5.74) is 3.28. The molecule has 0 saturated heterocycles. The van der Waals surface area contributed by atoms with Gasteiger partial charge in [0.05, 0.1) is 32.9 Å². The van der Waals surface area contributed by atoms with Crippen LogP contribution < -0.4 is 0 Å². The maximum atomic E-state index is 13.3. The number of para-hydroxylation sites is 4. The second-order valence-corrected chi connectivity index (χ2v) is 10.2. The molecule has 0 atom stereocenters. The van der Waals surface area contributed by atoms with Gasteiger partial charge < -0.3 is 9.13 Å². The van der Waals surface area contributed by atoms with Crippen LogP contribution in [-0.4, -0.2) is 27.5 Å². The lowest BCUT2D eigenvalue weighted by molar-refractivity contribution is 0.575. The van der Waals surface area contributed by atoms with Crippen molar-refractivity contribution in [2.45, 2.75) is 50.1 Å². The largest absolute Gasteiger partial charge is 0.318 e. The van der Waals surface area contributed by atoms with Crippen LogP contribution in [0.25, 0.3) is 22.1 Å². The van der Waals surface area contributed by atoms with Crippen LogP contribution in [0.3, 0.4) is 0 Å². The Kier molecular flexibility index (Phi) is 5.16. The first-order valence-electron chi connectivity index (χ1n) is 9.40. The maximum absolute atomic E-state index is 13.3. The molecule has 0 radical (unpaired) electrons. The van der Waals surface area contributed by atoms with Crippen LogP contribution >= 0.6 is 10.8 Å². The Hall–Kier alpha value is -2.32. The predicted octanol–water partition coefficient (Wildman–Crippen LogP) is 4.69. The zero-order valence-corrected chi connectivity index (χ0v) is 17.5. The Balaban J connectivity index is 1.82. The minimum absolute atomic E-state index is 0.0932. The van der Waals surface area contributed by atoms with Gasteiger partial charge >= 0.3 is 0 Å². The summed E-state index contributed by atoms with van der Waals surface area (Å²) in [4.78, 5) is 9.03. The van der Waals surface area contributed by atoms with Gasteiger partial charge in [-0.1, -0.05) is 38.1 Å². The highest BCUT2D eigenvalue weighted by Crippen LogP contribution is 2.34. The third-order valence-corrected chi connectivity index (χ3v) is 7.53. The van der Waals surface area contributed by atoms with Gasteiger partial charge in [-0.3, -0.25) is 0 Å². The average Bonchev–Trinajstić information content (AvgIpc) is 3.22. The van der Waals surface area contributed by atoms with Gasteiger partial charge in [-0.25, -0.2) is 18.4 Å². The molecular formula is C20H22N4O2S2. The average molecular weight is 415 g/mol. The highest BCUT2D eigenvalue weighted by atomic mass is 33.1. The molecule has 0 aliphatic rings. The molecular weight excluding hydrogens is 392 g/mol. The summed E-state index contributed by atoms with van der Waals surface area (Å²) in [6.45, 7) is 5.40. The van der Waals surface area contributed by atoms with Crippen molar-refractivity contribution in [2.75, 3.05) is 0 Å². The molecule has 0 unspecified atom stereocenters. The van der Waals surface area contributed by atoms with E-state index in [1.165, 1.54) is 0 Å². The number of hydrogen-bond donors (Lipinski definition) is 0. The van der Waals surface area contributed by atoms with Crippen LogP contribution in [0.15, 0.2) is 58.8 Å². The predicted molar refractivity (Wildman–Crippen MR) is 113 cm³/mol. The molecule has 0 spiro atoms. The van der Waals surface area contributed by atoms with Gasteiger partial charge in [0.2, 0.25) is 5.16 Å². The smallest absolute Gasteiger partial charge is 0.271 e. The Morgan fingerprint density at radius 2 is 1.36 bits per heavy atom. The Bertz CT molecular complexity index is 1240. The lowest BCUT2D eigenvalue weighted by atomic mass is 10.3. The molecule has 0 amide bonds. The van der Waals surface area contributed by atoms with E-state index in [2.05, 4.69) is 16.9 Å². The highest BCUT2D eigenvalue weighted by Gasteiger charge is 2.28. The molecule has 0 fully saturated rings. The molecule has 2 aromatic carbocycles. The zero-order chi connectivity index (χ0) is 19.7. The number of nitrogens with zero attached hydrogens (tertiary/aromatic N) is 4. The first-order valence-corrected chi connectivity index (χ1v) is 12.2. The number of imidazole rings is 2. The summed E-state index contributed by atoms with van der Waals surface area (Å²) in [6.07, 6.45) is 1.71. The van der Waals surface area contributed by atoms with Crippen LogP contribution in [0.1, 0.15) is 26.7 Å². The van der Waals surface area contributed by atoms with Crippen LogP contribution in [0, 0.1) is 0 Å². The summed E-state index contributed by atoms with van der Waals surface area (Å²) in [5.74, 6) is 0. The summed E-state index contributed by atoms with van der Waals surface area (Å²) >= 11 is 0. The lowest BCUT2D eigenvalue weighted by Gasteiger charge is -2.09. The SMILES string of the molecule is CCCn1c(SS(=O)(=O)c2nc3ccccc3n2CCC)nc2ccccc21. The summed E-state index contributed by atoms with van der Waals surface area (Å²) in [7, 11) is -2.94. The van der Waals surface area contributed by atoms with E-state index in [1.54, 1.807) is 4.57 Å². The number of rotatable bonds is 7. The van der Waals surface area contributed by atoms with Gasteiger partial charge in [-0.05, 0) is 37.1 Å².